The first-order valence-corrected chi connectivity index (χ1v) is 8.44. The van der Waals surface area contributed by atoms with E-state index in [4.69, 9.17) is 4.74 Å². The van der Waals surface area contributed by atoms with Crippen molar-refractivity contribution in [2.24, 2.45) is 5.92 Å². The van der Waals surface area contributed by atoms with Crippen LogP contribution < -0.4 is 5.32 Å². The second-order valence-corrected chi connectivity index (χ2v) is 6.70. The van der Waals surface area contributed by atoms with Gasteiger partial charge >= 0.3 is 5.97 Å². The predicted molar refractivity (Wildman–Crippen MR) is 95.6 cm³/mol. The highest BCUT2D eigenvalue weighted by molar-refractivity contribution is 5.93. The van der Waals surface area contributed by atoms with E-state index in [1.165, 1.54) is 12.8 Å². The first-order chi connectivity index (χ1) is 11.1. The van der Waals surface area contributed by atoms with Crippen LogP contribution in [0.2, 0.25) is 0 Å². The van der Waals surface area contributed by atoms with Gasteiger partial charge in [0, 0.05) is 12.1 Å². The lowest BCUT2D eigenvalue weighted by Gasteiger charge is -2.33. The maximum absolute atomic E-state index is 11.6. The largest absolute Gasteiger partial charge is 0.457 e. The second kappa shape index (κ2) is 8.30. The molecule has 3 rings (SSSR count). The zero-order chi connectivity index (χ0) is 16.4. The summed E-state index contributed by atoms with van der Waals surface area (Å²) in [5.41, 5.74) is 3.48. The van der Waals surface area contributed by atoms with E-state index in [-0.39, 0.29) is 18.4 Å². The number of ether oxygens (including phenoxy) is 1. The molecule has 1 saturated heterocycles. The summed E-state index contributed by atoms with van der Waals surface area (Å²) in [7, 11) is 2.00. The molecule has 0 spiro atoms. The first-order valence-electron chi connectivity index (χ1n) is 8.44. The van der Waals surface area contributed by atoms with Crippen LogP contribution in [0.1, 0.15) is 46.0 Å². The smallest absolute Gasteiger partial charge is 0.338 e. The fourth-order valence-corrected chi connectivity index (χ4v) is 3.73. The zero-order valence-corrected chi connectivity index (χ0v) is 15.2. The predicted octanol–water partition coefficient (Wildman–Crippen LogP) is 2.05. The van der Waals surface area contributed by atoms with Crippen molar-refractivity contribution >= 4 is 18.4 Å². The average molecular weight is 355 g/mol. The molecule has 2 aliphatic rings. The van der Waals surface area contributed by atoms with Crippen LogP contribution in [0.3, 0.4) is 0 Å². The van der Waals surface area contributed by atoms with Gasteiger partial charge in [-0.3, -0.25) is 0 Å². The molecule has 1 aromatic carbocycles. The summed E-state index contributed by atoms with van der Waals surface area (Å²) >= 11 is 0. The van der Waals surface area contributed by atoms with E-state index in [2.05, 4.69) is 10.2 Å². The molecule has 134 valence electrons. The topological polar surface area (TPSA) is 61.8 Å². The van der Waals surface area contributed by atoms with Crippen molar-refractivity contribution in [3.05, 3.63) is 34.4 Å². The highest BCUT2D eigenvalue weighted by Crippen LogP contribution is 2.30. The summed E-state index contributed by atoms with van der Waals surface area (Å²) in [4.78, 5) is 13.9. The molecule has 1 fully saturated rings. The van der Waals surface area contributed by atoms with Crippen LogP contribution in [0.15, 0.2) is 12.1 Å². The molecule has 2 N–H and O–H groups in total. The lowest BCUT2D eigenvalue weighted by Crippen LogP contribution is -2.38. The molecule has 1 atom stereocenters. The fourth-order valence-electron chi connectivity index (χ4n) is 3.73. The number of hydrogen-bond acceptors (Lipinski definition) is 5. The number of halogens is 1. The van der Waals surface area contributed by atoms with Crippen molar-refractivity contribution in [3.63, 3.8) is 0 Å². The molecular formula is C18H27ClN2O3. The molecule has 2 aliphatic heterocycles. The van der Waals surface area contributed by atoms with Crippen molar-refractivity contribution in [1.82, 2.24) is 10.2 Å². The van der Waals surface area contributed by atoms with Crippen molar-refractivity contribution in [2.75, 3.05) is 33.2 Å². The number of piperidine rings is 1. The van der Waals surface area contributed by atoms with E-state index in [0.717, 1.165) is 42.2 Å². The lowest BCUT2D eigenvalue weighted by atomic mass is 9.93. The Kier molecular flexibility index (Phi) is 6.63. The van der Waals surface area contributed by atoms with Crippen molar-refractivity contribution in [2.45, 2.75) is 32.5 Å². The van der Waals surface area contributed by atoms with E-state index >= 15 is 0 Å². The molecule has 1 aromatic rings. The van der Waals surface area contributed by atoms with Crippen LogP contribution in [0.5, 0.6) is 0 Å². The van der Waals surface area contributed by atoms with Gasteiger partial charge in [0.05, 0.1) is 11.7 Å². The molecule has 0 saturated carbocycles. The van der Waals surface area contributed by atoms with Gasteiger partial charge in [0.25, 0.3) is 0 Å². The Balaban J connectivity index is 0.00000208. The number of benzene rings is 1. The van der Waals surface area contributed by atoms with E-state index in [9.17, 15) is 9.90 Å². The molecular weight excluding hydrogens is 328 g/mol. The van der Waals surface area contributed by atoms with E-state index in [1.807, 2.05) is 20.0 Å². The molecule has 0 aliphatic carbocycles. The number of aliphatic hydroxyl groups excluding tert-OH is 1. The van der Waals surface area contributed by atoms with Gasteiger partial charge < -0.3 is 20.1 Å². The Morgan fingerprint density at radius 1 is 1.38 bits per heavy atom. The van der Waals surface area contributed by atoms with Gasteiger partial charge in [0.15, 0.2) is 0 Å². The Bertz CT molecular complexity index is 586. The Hall–Kier alpha value is -1.14. The Labute approximate surface area is 149 Å². The lowest BCUT2D eigenvalue weighted by molar-refractivity contribution is 0.0535. The van der Waals surface area contributed by atoms with Gasteiger partial charge in [-0.15, -0.1) is 12.4 Å². The summed E-state index contributed by atoms with van der Waals surface area (Å²) in [5.74, 6) is 0.494. The van der Waals surface area contributed by atoms with Crippen LogP contribution in [0, 0.1) is 12.8 Å². The van der Waals surface area contributed by atoms with E-state index < -0.39 is 6.10 Å². The van der Waals surface area contributed by atoms with Crippen LogP contribution >= 0.6 is 12.4 Å². The molecule has 2 heterocycles. The van der Waals surface area contributed by atoms with E-state index in [1.54, 1.807) is 6.07 Å². The minimum absolute atomic E-state index is 0. The van der Waals surface area contributed by atoms with Crippen LogP contribution in [0.25, 0.3) is 0 Å². The molecule has 24 heavy (non-hydrogen) atoms. The molecule has 0 aromatic heterocycles. The SMILES string of the molecule is CNCC1CCN(C[C@H](O)c2ccc3c(c2C)COC3=O)CC1.Cl. The van der Waals surface area contributed by atoms with E-state index in [0.29, 0.717) is 18.7 Å². The Morgan fingerprint density at radius 2 is 2.08 bits per heavy atom. The van der Waals surface area contributed by atoms with Crippen molar-refractivity contribution in [1.29, 1.82) is 0 Å². The third-order valence-corrected chi connectivity index (χ3v) is 5.20. The number of cyclic esters (lactones) is 1. The molecule has 0 bridgehead atoms. The summed E-state index contributed by atoms with van der Waals surface area (Å²) in [6, 6.07) is 3.66. The summed E-state index contributed by atoms with van der Waals surface area (Å²) < 4.78 is 5.09. The highest BCUT2D eigenvalue weighted by atomic mass is 35.5. The zero-order valence-electron chi connectivity index (χ0n) is 14.4. The number of hydrogen-bond donors (Lipinski definition) is 2. The monoisotopic (exact) mass is 354 g/mol. The van der Waals surface area contributed by atoms with Crippen LogP contribution in [0.4, 0.5) is 0 Å². The molecule has 6 heteroatoms. The fraction of sp³-hybridized carbons (Fsp3) is 0.611. The van der Waals surface area contributed by atoms with Gasteiger partial charge in [0.2, 0.25) is 0 Å². The third-order valence-electron chi connectivity index (χ3n) is 5.20. The molecule has 0 unspecified atom stereocenters. The summed E-state index contributed by atoms with van der Waals surface area (Å²) in [5, 5.41) is 13.9. The quantitative estimate of drug-likeness (QED) is 0.792. The van der Waals surface area contributed by atoms with Gasteiger partial charge in [-0.25, -0.2) is 4.79 Å². The number of esters is 1. The van der Waals surface area contributed by atoms with Gasteiger partial charge in [-0.1, -0.05) is 6.07 Å². The molecule has 5 nitrogen and oxygen atoms in total. The number of rotatable bonds is 5. The summed E-state index contributed by atoms with van der Waals surface area (Å²) in [6.07, 6.45) is 1.84. The Morgan fingerprint density at radius 3 is 2.75 bits per heavy atom. The summed E-state index contributed by atoms with van der Waals surface area (Å²) in [6.45, 7) is 6.10. The average Bonchev–Trinajstić information content (AvgIpc) is 2.92. The highest BCUT2D eigenvalue weighted by Gasteiger charge is 2.27. The molecule has 0 radical (unpaired) electrons. The first kappa shape index (κ1) is 19.2. The van der Waals surface area contributed by atoms with Gasteiger partial charge in [-0.2, -0.15) is 0 Å². The van der Waals surface area contributed by atoms with Crippen molar-refractivity contribution in [3.8, 4) is 0 Å². The third kappa shape index (κ3) is 3.91. The van der Waals surface area contributed by atoms with Crippen LogP contribution in [-0.2, 0) is 11.3 Å². The van der Waals surface area contributed by atoms with Gasteiger partial charge in [0.1, 0.15) is 6.61 Å². The molecule has 0 amide bonds. The maximum atomic E-state index is 11.6. The number of carbonyl (C=O) groups is 1. The number of carbonyl (C=O) groups excluding carboxylic acids is 1. The normalized spacial score (nSPS) is 19.5. The number of fused-ring (bicyclic) bond motifs is 1. The standard InChI is InChI=1S/C18H26N2O3.ClH/c1-12-14(3-4-15-16(12)11-23-18(15)22)17(21)10-20-7-5-13(6-8-20)9-19-2;/h3-4,13,17,19,21H,5-11H2,1-2H3;1H/t17-;/m0./s1. The minimum Gasteiger partial charge on any atom is -0.457 e. The number of nitrogens with zero attached hydrogens (tertiary/aromatic N) is 1. The van der Waals surface area contributed by atoms with Crippen molar-refractivity contribution < 1.29 is 14.6 Å². The number of β-amino-alcohol motifs (C(OH)–C–C–N with tert-alkyl or cyclic N) is 1. The van der Waals surface area contributed by atoms with Gasteiger partial charge in [-0.05, 0) is 69.6 Å². The number of nitrogens with one attached hydrogen (secondary N) is 1. The second-order valence-electron chi connectivity index (χ2n) is 6.70. The maximum Gasteiger partial charge on any atom is 0.338 e. The minimum atomic E-state index is -0.517. The van der Waals surface area contributed by atoms with Crippen LogP contribution in [-0.4, -0.2) is 49.2 Å². The number of likely N-dealkylation sites (tertiary alicyclic amines) is 1. The number of aliphatic hydroxyl groups is 1.